The van der Waals surface area contributed by atoms with Gasteiger partial charge in [-0.25, -0.2) is 0 Å². The molecular weight excluding hydrogens is 194 g/mol. The highest BCUT2D eigenvalue weighted by Crippen LogP contribution is 2.44. The van der Waals surface area contributed by atoms with Gasteiger partial charge in [0, 0.05) is 5.82 Å². The van der Waals surface area contributed by atoms with Crippen LogP contribution in [0.15, 0.2) is 30.1 Å². The molecule has 1 aromatic carbocycles. The van der Waals surface area contributed by atoms with Crippen LogP contribution < -0.4 is 0 Å². The van der Waals surface area contributed by atoms with Crippen LogP contribution in [0.5, 0.6) is 5.75 Å². The Balaban J connectivity index is 2.81. The van der Waals surface area contributed by atoms with Gasteiger partial charge in [0.1, 0.15) is 5.75 Å². The molecule has 70 valence electrons. The lowest BCUT2D eigenvalue weighted by Gasteiger charge is -1.94. The van der Waals surface area contributed by atoms with Gasteiger partial charge >= 0.3 is 7.68 Å². The molecule has 0 saturated carbocycles. The van der Waals surface area contributed by atoms with Gasteiger partial charge in [-0.15, -0.1) is 0 Å². The van der Waals surface area contributed by atoms with Gasteiger partial charge in [-0.3, -0.25) is 4.57 Å². The molecule has 0 aliphatic rings. The van der Waals surface area contributed by atoms with Crippen LogP contribution >= 0.6 is 7.68 Å². The summed E-state index contributed by atoms with van der Waals surface area (Å²) in [4.78, 5) is 8.29. The molecule has 0 aliphatic carbocycles. The summed E-state index contributed by atoms with van der Waals surface area (Å²) in [6.07, 6.45) is 1.18. The molecule has 0 spiro atoms. The third-order valence-electron chi connectivity index (χ3n) is 1.34. The van der Waals surface area contributed by atoms with Crippen molar-refractivity contribution < 1.29 is 18.8 Å². The number of rotatable bonds is 2. The molecule has 1 rings (SSSR count). The molecule has 0 amide bonds. The first-order chi connectivity index (χ1) is 5.97. The van der Waals surface area contributed by atoms with E-state index in [-0.39, 0.29) is 5.75 Å². The van der Waals surface area contributed by atoms with Gasteiger partial charge in [0.15, 0.2) is 0 Å². The summed E-state index contributed by atoms with van der Waals surface area (Å²) in [7, 11) is -4.59. The zero-order valence-electron chi connectivity index (χ0n) is 6.59. The molecule has 1 aromatic rings. The fourth-order valence-corrected chi connectivity index (χ4v) is 1.12. The quantitative estimate of drug-likeness (QED) is 0.724. The third-order valence-corrected chi connectivity index (χ3v) is 1.86. The van der Waals surface area contributed by atoms with Crippen molar-refractivity contribution in [1.29, 1.82) is 0 Å². The van der Waals surface area contributed by atoms with Gasteiger partial charge in [-0.1, -0.05) is 12.1 Å². The number of aromatic hydroxyl groups is 1. The van der Waals surface area contributed by atoms with Crippen LogP contribution in [0.2, 0.25) is 0 Å². The normalized spacial score (nSPS) is 15.8. The Morgan fingerprint density at radius 1 is 1.31 bits per heavy atom. The molecule has 0 fully saturated rings. The van der Waals surface area contributed by atoms with E-state index in [9.17, 15) is 8.76 Å². The van der Waals surface area contributed by atoms with Gasteiger partial charge < -0.3 is 10.00 Å². The predicted octanol–water partition coefficient (Wildman–Crippen LogP) is 2.52. The molecule has 0 bridgehead atoms. The Kier molecular flexibility index (Phi) is 2.86. The minimum Gasteiger partial charge on any atom is -0.508 e. The van der Waals surface area contributed by atoms with Crippen LogP contribution in [0.25, 0.3) is 6.08 Å². The second kappa shape index (κ2) is 3.73. The molecule has 2 N–H and O–H groups in total. The van der Waals surface area contributed by atoms with Gasteiger partial charge in [-0.05, 0) is 23.8 Å². The minimum absolute atomic E-state index is 0.0876. The van der Waals surface area contributed by atoms with Crippen molar-refractivity contribution in [3.8, 4) is 5.75 Å². The maximum atomic E-state index is 12.1. The lowest BCUT2D eigenvalue weighted by atomic mass is 10.2. The van der Waals surface area contributed by atoms with E-state index in [0.29, 0.717) is 11.4 Å². The molecule has 0 aliphatic heterocycles. The highest BCUT2D eigenvalue weighted by molar-refractivity contribution is 7.56. The van der Waals surface area contributed by atoms with Crippen molar-refractivity contribution in [2.24, 2.45) is 0 Å². The first kappa shape index (κ1) is 9.96. The van der Waals surface area contributed by atoms with E-state index in [0.717, 1.165) is 0 Å². The lowest BCUT2D eigenvalue weighted by Crippen LogP contribution is -1.70. The summed E-state index contributed by atoms with van der Waals surface area (Å²) >= 11 is 0. The molecule has 13 heavy (non-hydrogen) atoms. The summed E-state index contributed by atoms with van der Waals surface area (Å²) < 4.78 is 22.3. The van der Waals surface area contributed by atoms with Crippen molar-refractivity contribution in [3.63, 3.8) is 0 Å². The molecular formula is C8H8FO3P. The average molecular weight is 202 g/mol. The van der Waals surface area contributed by atoms with Gasteiger partial charge in [0.25, 0.3) is 0 Å². The topological polar surface area (TPSA) is 57.5 Å². The zero-order valence-corrected chi connectivity index (χ0v) is 7.49. The zero-order chi connectivity index (χ0) is 9.90. The summed E-state index contributed by atoms with van der Waals surface area (Å²) in [5.41, 5.74) is 0.546. The molecule has 1 unspecified atom stereocenters. The Bertz CT molecular complexity index is 352. The molecule has 0 saturated heterocycles. The molecule has 0 aromatic heterocycles. The molecule has 3 nitrogen and oxygen atoms in total. The van der Waals surface area contributed by atoms with Crippen molar-refractivity contribution >= 4 is 13.8 Å². The van der Waals surface area contributed by atoms with Crippen molar-refractivity contribution in [3.05, 3.63) is 35.6 Å². The van der Waals surface area contributed by atoms with Gasteiger partial charge in [0.2, 0.25) is 0 Å². The van der Waals surface area contributed by atoms with E-state index < -0.39 is 7.68 Å². The van der Waals surface area contributed by atoms with Crippen molar-refractivity contribution in [2.75, 3.05) is 0 Å². The lowest BCUT2D eigenvalue weighted by molar-refractivity contribution is 0.442. The van der Waals surface area contributed by atoms with Crippen molar-refractivity contribution in [1.82, 2.24) is 0 Å². The maximum Gasteiger partial charge on any atom is 0.388 e. The number of phenolic OH excluding ortho intramolecular Hbond substituents is 1. The van der Waals surface area contributed by atoms with E-state index in [1.165, 1.54) is 30.3 Å². The number of benzene rings is 1. The third kappa shape index (κ3) is 3.87. The van der Waals surface area contributed by atoms with Gasteiger partial charge in [-0.2, -0.15) is 4.20 Å². The van der Waals surface area contributed by atoms with E-state index in [4.69, 9.17) is 10.00 Å². The van der Waals surface area contributed by atoms with Crippen LogP contribution in [0.1, 0.15) is 5.56 Å². The van der Waals surface area contributed by atoms with E-state index >= 15 is 0 Å². The Hall–Kier alpha value is -1.12. The SMILES string of the molecule is O=P(O)(F)/C=C/c1ccc(O)cc1. The second-order valence-corrected chi connectivity index (χ2v) is 3.84. The number of halogens is 1. The number of hydrogen-bond donors (Lipinski definition) is 2. The smallest absolute Gasteiger partial charge is 0.388 e. The molecule has 0 radical (unpaired) electrons. The fourth-order valence-electron chi connectivity index (χ4n) is 0.763. The largest absolute Gasteiger partial charge is 0.508 e. The maximum absolute atomic E-state index is 12.1. The second-order valence-electron chi connectivity index (χ2n) is 2.45. The Morgan fingerprint density at radius 3 is 2.31 bits per heavy atom. The summed E-state index contributed by atoms with van der Waals surface area (Å²) in [6.45, 7) is 0. The van der Waals surface area contributed by atoms with E-state index in [2.05, 4.69) is 0 Å². The number of phenols is 1. The summed E-state index contributed by atoms with van der Waals surface area (Å²) in [5, 5.41) is 8.88. The van der Waals surface area contributed by atoms with E-state index in [1.807, 2.05) is 0 Å². The Morgan fingerprint density at radius 2 is 1.85 bits per heavy atom. The summed E-state index contributed by atoms with van der Waals surface area (Å²) in [6, 6.07) is 5.81. The van der Waals surface area contributed by atoms with Crippen LogP contribution in [0.3, 0.4) is 0 Å². The van der Waals surface area contributed by atoms with Crippen LogP contribution in [0.4, 0.5) is 4.20 Å². The van der Waals surface area contributed by atoms with Crippen LogP contribution in [0, 0.1) is 0 Å². The molecule has 1 atom stereocenters. The van der Waals surface area contributed by atoms with Crippen molar-refractivity contribution in [2.45, 2.75) is 0 Å². The predicted molar refractivity (Wildman–Crippen MR) is 48.1 cm³/mol. The highest BCUT2D eigenvalue weighted by atomic mass is 31.2. The first-order valence-corrected chi connectivity index (χ1v) is 5.10. The molecule has 0 heterocycles. The monoisotopic (exact) mass is 202 g/mol. The standard InChI is InChI=1S/C8H8FO3P/c9-13(11,12)6-5-7-1-3-8(10)4-2-7/h1-6,10H,(H,11,12)/b6-5+. The fraction of sp³-hybridized carbons (Fsp3) is 0. The Labute approximate surface area is 74.7 Å². The first-order valence-electron chi connectivity index (χ1n) is 3.48. The average Bonchev–Trinajstić information content (AvgIpc) is 2.02. The minimum atomic E-state index is -4.59. The number of hydrogen-bond acceptors (Lipinski definition) is 2. The highest BCUT2D eigenvalue weighted by Gasteiger charge is 2.08. The van der Waals surface area contributed by atoms with Crippen LogP contribution in [-0.2, 0) is 4.57 Å². The molecule has 5 heteroatoms. The van der Waals surface area contributed by atoms with E-state index in [1.54, 1.807) is 0 Å². The summed E-state index contributed by atoms with van der Waals surface area (Å²) in [5.74, 6) is 0.684. The van der Waals surface area contributed by atoms with Gasteiger partial charge in [0.05, 0.1) is 0 Å². The van der Waals surface area contributed by atoms with Crippen LogP contribution in [-0.4, -0.2) is 10.00 Å².